The first kappa shape index (κ1) is 18.5. The molecule has 0 aromatic heterocycles. The SMILES string of the molecule is Cl.O=C(C1CCS(=O)(=O)C1)N1CCNCC1c1cccc(Cl)c1. The minimum absolute atomic E-state index is 0. The van der Waals surface area contributed by atoms with Gasteiger partial charge in [-0.2, -0.15) is 0 Å². The molecular formula is C15H20Cl2N2O3S. The van der Waals surface area contributed by atoms with Crippen LogP contribution >= 0.6 is 24.0 Å². The molecule has 5 nitrogen and oxygen atoms in total. The zero-order chi connectivity index (χ0) is 15.7. The molecule has 0 bridgehead atoms. The van der Waals surface area contributed by atoms with Gasteiger partial charge < -0.3 is 10.2 Å². The second-order valence-electron chi connectivity index (χ2n) is 5.91. The van der Waals surface area contributed by atoms with Crippen LogP contribution in [0.2, 0.25) is 5.02 Å². The first-order chi connectivity index (χ1) is 10.5. The first-order valence-electron chi connectivity index (χ1n) is 7.43. The molecule has 0 radical (unpaired) electrons. The monoisotopic (exact) mass is 378 g/mol. The third-order valence-electron chi connectivity index (χ3n) is 4.34. The van der Waals surface area contributed by atoms with Crippen LogP contribution in [0.15, 0.2) is 24.3 Å². The van der Waals surface area contributed by atoms with Crippen LogP contribution in [-0.2, 0) is 14.6 Å². The van der Waals surface area contributed by atoms with Gasteiger partial charge in [-0.1, -0.05) is 23.7 Å². The van der Waals surface area contributed by atoms with Crippen LogP contribution in [0.25, 0.3) is 0 Å². The fraction of sp³-hybridized carbons (Fsp3) is 0.533. The van der Waals surface area contributed by atoms with Crippen LogP contribution in [0, 0.1) is 5.92 Å². The third kappa shape index (κ3) is 4.18. The number of hydrogen-bond acceptors (Lipinski definition) is 4. The lowest BCUT2D eigenvalue weighted by atomic mass is 10.00. The molecular weight excluding hydrogens is 359 g/mol. The number of carbonyl (C=O) groups excluding carboxylic acids is 1. The number of rotatable bonds is 2. The molecule has 2 saturated heterocycles. The quantitative estimate of drug-likeness (QED) is 0.849. The van der Waals surface area contributed by atoms with Gasteiger partial charge in [0.1, 0.15) is 0 Å². The average molecular weight is 379 g/mol. The summed E-state index contributed by atoms with van der Waals surface area (Å²) in [5, 5.41) is 3.93. The number of amides is 1. The van der Waals surface area contributed by atoms with E-state index in [1.54, 1.807) is 6.07 Å². The van der Waals surface area contributed by atoms with Gasteiger partial charge in [-0.05, 0) is 24.1 Å². The molecule has 23 heavy (non-hydrogen) atoms. The molecule has 2 atom stereocenters. The van der Waals surface area contributed by atoms with Gasteiger partial charge >= 0.3 is 0 Å². The Hall–Kier alpha value is -0.820. The van der Waals surface area contributed by atoms with Gasteiger partial charge in [-0.25, -0.2) is 8.42 Å². The van der Waals surface area contributed by atoms with Crippen LogP contribution in [0.5, 0.6) is 0 Å². The van der Waals surface area contributed by atoms with E-state index in [1.807, 2.05) is 23.1 Å². The van der Waals surface area contributed by atoms with Crippen molar-refractivity contribution in [3.8, 4) is 0 Å². The second-order valence-corrected chi connectivity index (χ2v) is 8.57. The number of hydrogen-bond donors (Lipinski definition) is 1. The Kier molecular flexibility index (Phi) is 5.94. The summed E-state index contributed by atoms with van der Waals surface area (Å²) < 4.78 is 23.2. The molecule has 0 saturated carbocycles. The smallest absolute Gasteiger partial charge is 0.227 e. The Morgan fingerprint density at radius 1 is 1.35 bits per heavy atom. The lowest BCUT2D eigenvalue weighted by Gasteiger charge is -2.38. The predicted molar refractivity (Wildman–Crippen MR) is 92.8 cm³/mol. The van der Waals surface area contributed by atoms with E-state index in [1.165, 1.54) is 0 Å². The molecule has 2 unspecified atom stereocenters. The van der Waals surface area contributed by atoms with E-state index in [4.69, 9.17) is 11.6 Å². The molecule has 1 N–H and O–H groups in total. The van der Waals surface area contributed by atoms with Crippen molar-refractivity contribution in [3.63, 3.8) is 0 Å². The van der Waals surface area contributed by atoms with Crippen molar-refractivity contribution in [2.45, 2.75) is 12.5 Å². The van der Waals surface area contributed by atoms with Gasteiger partial charge in [0.05, 0.1) is 23.5 Å². The van der Waals surface area contributed by atoms with Crippen molar-refractivity contribution in [3.05, 3.63) is 34.9 Å². The van der Waals surface area contributed by atoms with E-state index in [0.29, 0.717) is 24.5 Å². The minimum Gasteiger partial charge on any atom is -0.333 e. The van der Waals surface area contributed by atoms with Crippen molar-refractivity contribution in [2.75, 3.05) is 31.1 Å². The molecule has 2 fully saturated rings. The third-order valence-corrected chi connectivity index (χ3v) is 6.34. The molecule has 8 heteroatoms. The number of carbonyl (C=O) groups is 1. The Bertz CT molecular complexity index is 681. The summed E-state index contributed by atoms with van der Waals surface area (Å²) in [5.74, 6) is -0.340. The van der Waals surface area contributed by atoms with Gasteiger partial charge in [-0.15, -0.1) is 12.4 Å². The maximum absolute atomic E-state index is 12.8. The summed E-state index contributed by atoms with van der Waals surface area (Å²) in [5.41, 5.74) is 0.980. The molecule has 1 aromatic rings. The highest BCUT2D eigenvalue weighted by Crippen LogP contribution is 2.29. The highest BCUT2D eigenvalue weighted by Gasteiger charge is 2.38. The summed E-state index contributed by atoms with van der Waals surface area (Å²) >= 11 is 6.05. The normalized spacial score (nSPS) is 26.6. The standard InChI is InChI=1S/C15H19ClN2O3S.ClH/c16-13-3-1-2-11(8-13)14-9-17-5-6-18(14)15(19)12-4-7-22(20,21)10-12;/h1-3,8,12,14,17H,4-7,9-10H2;1H. The van der Waals surface area contributed by atoms with Gasteiger partial charge in [0.15, 0.2) is 9.84 Å². The summed E-state index contributed by atoms with van der Waals surface area (Å²) in [6.45, 7) is 1.97. The van der Waals surface area contributed by atoms with Gasteiger partial charge in [-0.3, -0.25) is 4.79 Å². The van der Waals surface area contributed by atoms with Crippen LogP contribution in [0.1, 0.15) is 18.0 Å². The minimum atomic E-state index is -3.05. The maximum Gasteiger partial charge on any atom is 0.227 e. The molecule has 2 aliphatic heterocycles. The van der Waals surface area contributed by atoms with Crippen molar-refractivity contribution in [2.24, 2.45) is 5.92 Å². The molecule has 2 aliphatic rings. The van der Waals surface area contributed by atoms with E-state index in [9.17, 15) is 13.2 Å². The lowest BCUT2D eigenvalue weighted by molar-refractivity contribution is -0.138. The van der Waals surface area contributed by atoms with Crippen LogP contribution in [-0.4, -0.2) is 50.4 Å². The number of nitrogens with one attached hydrogen (secondary N) is 1. The van der Waals surface area contributed by atoms with Crippen molar-refractivity contribution < 1.29 is 13.2 Å². The summed E-state index contributed by atoms with van der Waals surface area (Å²) in [4.78, 5) is 14.6. The van der Waals surface area contributed by atoms with Crippen molar-refractivity contribution >= 4 is 39.8 Å². The molecule has 128 valence electrons. The number of benzene rings is 1. The molecule has 1 aromatic carbocycles. The molecule has 0 aliphatic carbocycles. The fourth-order valence-corrected chi connectivity index (χ4v) is 5.14. The number of piperazine rings is 1. The predicted octanol–water partition coefficient (Wildman–Crippen LogP) is 1.67. The van der Waals surface area contributed by atoms with Crippen molar-refractivity contribution in [1.82, 2.24) is 10.2 Å². The van der Waals surface area contributed by atoms with Crippen LogP contribution in [0.3, 0.4) is 0 Å². The number of halogens is 2. The average Bonchev–Trinajstić information content (AvgIpc) is 2.87. The zero-order valence-electron chi connectivity index (χ0n) is 12.6. The number of nitrogens with zero attached hydrogens (tertiary/aromatic N) is 1. The molecule has 3 rings (SSSR count). The maximum atomic E-state index is 12.8. The van der Waals surface area contributed by atoms with Crippen molar-refractivity contribution in [1.29, 1.82) is 0 Å². The van der Waals surface area contributed by atoms with Gasteiger partial charge in [0.25, 0.3) is 0 Å². The van der Waals surface area contributed by atoms with E-state index < -0.39 is 15.8 Å². The Balaban J connectivity index is 0.00000192. The zero-order valence-corrected chi connectivity index (χ0v) is 15.0. The Labute approximate surface area is 147 Å². The summed E-state index contributed by atoms with van der Waals surface area (Å²) in [6.07, 6.45) is 0.438. The summed E-state index contributed by atoms with van der Waals surface area (Å²) in [6, 6.07) is 7.40. The highest BCUT2D eigenvalue weighted by atomic mass is 35.5. The topological polar surface area (TPSA) is 66.5 Å². The molecule has 1 amide bonds. The molecule has 2 heterocycles. The van der Waals surface area contributed by atoms with E-state index in [2.05, 4.69) is 5.32 Å². The Morgan fingerprint density at radius 2 is 2.13 bits per heavy atom. The second kappa shape index (κ2) is 7.38. The number of sulfone groups is 1. The Morgan fingerprint density at radius 3 is 2.78 bits per heavy atom. The van der Waals surface area contributed by atoms with Gasteiger partial charge in [0, 0.05) is 24.7 Å². The molecule has 0 spiro atoms. The lowest BCUT2D eigenvalue weighted by Crippen LogP contribution is -2.50. The summed E-state index contributed by atoms with van der Waals surface area (Å²) in [7, 11) is -3.05. The van der Waals surface area contributed by atoms with Gasteiger partial charge in [0.2, 0.25) is 5.91 Å². The van der Waals surface area contributed by atoms with E-state index >= 15 is 0 Å². The van der Waals surface area contributed by atoms with E-state index in [0.717, 1.165) is 12.1 Å². The largest absolute Gasteiger partial charge is 0.333 e. The highest BCUT2D eigenvalue weighted by molar-refractivity contribution is 7.91. The van der Waals surface area contributed by atoms with Crippen LogP contribution in [0.4, 0.5) is 0 Å². The van der Waals surface area contributed by atoms with Crippen LogP contribution < -0.4 is 5.32 Å². The first-order valence-corrected chi connectivity index (χ1v) is 9.63. The van der Waals surface area contributed by atoms with E-state index in [-0.39, 0.29) is 35.9 Å². The fourth-order valence-electron chi connectivity index (χ4n) is 3.20.